The first-order valence-corrected chi connectivity index (χ1v) is 7.56. The zero-order valence-electron chi connectivity index (χ0n) is 11.8. The number of halogens is 2. The van der Waals surface area contributed by atoms with Crippen LogP contribution in [0, 0.1) is 19.8 Å². The summed E-state index contributed by atoms with van der Waals surface area (Å²) in [6, 6.07) is 9.03. The molecule has 3 heteroatoms. The van der Waals surface area contributed by atoms with E-state index in [1.807, 2.05) is 0 Å². The number of hydrogen-bond donors (Lipinski definition) is 0. The predicted molar refractivity (Wildman–Crippen MR) is 75.7 cm³/mol. The second-order valence-corrected chi connectivity index (χ2v) is 6.59. The van der Waals surface area contributed by atoms with E-state index in [1.165, 1.54) is 62.8 Å². The molecule has 1 atom stereocenters. The van der Waals surface area contributed by atoms with E-state index >= 15 is 0 Å². The summed E-state index contributed by atoms with van der Waals surface area (Å²) in [6.07, 6.45) is 0. The van der Waals surface area contributed by atoms with Crippen molar-refractivity contribution in [2.24, 2.45) is 5.92 Å². The van der Waals surface area contributed by atoms with E-state index in [0.717, 1.165) is 0 Å². The van der Waals surface area contributed by atoms with Crippen molar-refractivity contribution in [3.8, 4) is 0 Å². The van der Waals surface area contributed by atoms with Crippen molar-refractivity contribution in [3.05, 3.63) is 53.1 Å². The van der Waals surface area contributed by atoms with Gasteiger partial charge in [-0.1, -0.05) is 0 Å². The third-order valence-electron chi connectivity index (χ3n) is 4.17. The van der Waals surface area contributed by atoms with Gasteiger partial charge in [0.25, 0.3) is 0 Å². The van der Waals surface area contributed by atoms with E-state index < -0.39 is 0 Å². The Morgan fingerprint density at radius 2 is 1.60 bits per heavy atom. The number of aryl methyl sites for hydroxylation is 2. The van der Waals surface area contributed by atoms with Gasteiger partial charge in [0.05, 0.1) is 0 Å². The molecule has 1 aliphatic carbocycles. The van der Waals surface area contributed by atoms with Gasteiger partial charge in [-0.2, -0.15) is 0 Å². The molecule has 0 heterocycles. The molecule has 1 unspecified atom stereocenters. The summed E-state index contributed by atoms with van der Waals surface area (Å²) in [5, 5.41) is 2.80. The number of rotatable bonds is 0. The fourth-order valence-electron chi connectivity index (χ4n) is 2.95. The molecule has 0 bridgehead atoms. The van der Waals surface area contributed by atoms with Crippen molar-refractivity contribution in [1.82, 2.24) is 0 Å². The van der Waals surface area contributed by atoms with Crippen molar-refractivity contribution < 1.29 is 49.0 Å². The van der Waals surface area contributed by atoms with E-state index in [1.54, 1.807) is 3.21 Å². The van der Waals surface area contributed by atoms with Crippen LogP contribution < -0.4 is 24.8 Å². The summed E-state index contributed by atoms with van der Waals surface area (Å²) in [5.41, 5.74) is 6.87. The Morgan fingerprint density at radius 1 is 1.00 bits per heavy atom. The third-order valence-corrected chi connectivity index (χ3v) is 5.90. The van der Waals surface area contributed by atoms with Gasteiger partial charge in [-0.25, -0.2) is 0 Å². The van der Waals surface area contributed by atoms with Crippen molar-refractivity contribution in [3.63, 3.8) is 0 Å². The standard InChI is InChI=1S/C17H16.2ClH.Zr/c1-10-5-6-11(2)16-15(10)8-7-14-9-12(3)13(4)17(14)16;;;/h5-8,12H,4H2,1-3H3;2*1H;/q;;;+2/p-2. The Kier molecular flexibility index (Phi) is 5.58. The Hall–Kier alpha value is -0.227. The molecule has 0 spiro atoms. The van der Waals surface area contributed by atoms with Crippen LogP contribution in [-0.2, 0) is 24.2 Å². The molecule has 0 aliphatic heterocycles. The Labute approximate surface area is 147 Å². The van der Waals surface area contributed by atoms with Gasteiger partial charge in [0.15, 0.2) is 0 Å². The van der Waals surface area contributed by atoms with Crippen LogP contribution in [0.5, 0.6) is 0 Å². The molecule has 0 aromatic heterocycles. The first kappa shape index (κ1) is 17.8. The van der Waals surface area contributed by atoms with Crippen LogP contribution in [0.15, 0.2) is 30.8 Å². The zero-order valence-corrected chi connectivity index (χ0v) is 15.8. The first-order valence-electron chi connectivity index (χ1n) is 6.33. The molecule has 20 heavy (non-hydrogen) atoms. The third kappa shape index (κ3) is 2.39. The molecule has 3 rings (SSSR count). The second-order valence-electron chi connectivity index (χ2n) is 5.27. The minimum absolute atomic E-state index is 0. The molecule has 0 amide bonds. The minimum atomic E-state index is 0. The molecule has 0 radical (unpaired) electrons. The molecule has 0 nitrogen and oxygen atoms in total. The molecule has 0 fully saturated rings. The molecule has 0 saturated carbocycles. The van der Waals surface area contributed by atoms with E-state index in [4.69, 9.17) is 0 Å². The molecular formula is C17H16Cl2Zr. The van der Waals surface area contributed by atoms with Crippen molar-refractivity contribution in [2.75, 3.05) is 0 Å². The fourth-order valence-corrected chi connectivity index (χ4v) is 3.89. The molecule has 0 N–H and O–H groups in total. The number of fused-ring (bicyclic) bond motifs is 3. The SMILES string of the molecule is C=C1c2c(ccc3c(C)ccc(C)c23)[C](=[Zr+2])C1C.[Cl-].[Cl-]. The summed E-state index contributed by atoms with van der Waals surface area (Å²) >= 11 is 1.52. The summed E-state index contributed by atoms with van der Waals surface area (Å²) in [6.45, 7) is 11.0. The molecule has 0 saturated heterocycles. The maximum atomic E-state index is 4.34. The summed E-state index contributed by atoms with van der Waals surface area (Å²) < 4.78 is 1.55. The van der Waals surface area contributed by atoms with Crippen LogP contribution in [0.25, 0.3) is 16.3 Å². The topological polar surface area (TPSA) is 0 Å². The van der Waals surface area contributed by atoms with Crippen LogP contribution in [0.2, 0.25) is 0 Å². The molecule has 2 aromatic carbocycles. The second kappa shape index (κ2) is 6.26. The van der Waals surface area contributed by atoms with Gasteiger partial charge in [0, 0.05) is 0 Å². The van der Waals surface area contributed by atoms with Gasteiger partial charge >= 0.3 is 124 Å². The maximum Gasteiger partial charge on any atom is -1.00 e. The largest absolute Gasteiger partial charge is 1.00 e. The van der Waals surface area contributed by atoms with E-state index in [0.29, 0.717) is 5.92 Å². The van der Waals surface area contributed by atoms with Gasteiger partial charge in [0.2, 0.25) is 0 Å². The summed E-state index contributed by atoms with van der Waals surface area (Å²) in [7, 11) is 0. The quantitative estimate of drug-likeness (QED) is 0.504. The van der Waals surface area contributed by atoms with Crippen LogP contribution in [-0.4, -0.2) is 3.21 Å². The van der Waals surface area contributed by atoms with Gasteiger partial charge in [-0.05, 0) is 0 Å². The molecular weight excluding hydrogens is 366 g/mol. The monoisotopic (exact) mass is 380 g/mol. The Morgan fingerprint density at radius 3 is 2.25 bits per heavy atom. The van der Waals surface area contributed by atoms with Crippen LogP contribution in [0.4, 0.5) is 0 Å². The van der Waals surface area contributed by atoms with Gasteiger partial charge in [-0.3, -0.25) is 0 Å². The average molecular weight is 382 g/mol. The number of benzene rings is 2. The predicted octanol–water partition coefficient (Wildman–Crippen LogP) is -1.81. The van der Waals surface area contributed by atoms with Gasteiger partial charge in [-0.15, -0.1) is 0 Å². The molecule has 2 aromatic rings. The zero-order chi connectivity index (χ0) is 13.0. The Bertz CT molecular complexity index is 716. The van der Waals surface area contributed by atoms with Crippen molar-refractivity contribution in [1.29, 1.82) is 0 Å². The first-order chi connectivity index (χ1) is 8.52. The minimum Gasteiger partial charge on any atom is -1.00 e. The smallest absolute Gasteiger partial charge is 1.00 e. The van der Waals surface area contributed by atoms with E-state index in [9.17, 15) is 0 Å². The van der Waals surface area contributed by atoms with Gasteiger partial charge in [0.1, 0.15) is 0 Å². The number of hydrogen-bond acceptors (Lipinski definition) is 0. The molecule has 102 valence electrons. The van der Waals surface area contributed by atoms with E-state index in [-0.39, 0.29) is 24.8 Å². The summed E-state index contributed by atoms with van der Waals surface area (Å²) in [4.78, 5) is 0. The fraction of sp³-hybridized carbons (Fsp3) is 0.235. The summed E-state index contributed by atoms with van der Waals surface area (Å²) in [5.74, 6) is 0.517. The van der Waals surface area contributed by atoms with Crippen LogP contribution in [0.1, 0.15) is 29.2 Å². The van der Waals surface area contributed by atoms with Crippen molar-refractivity contribution >= 4 is 19.6 Å². The normalized spacial score (nSPS) is 16.8. The van der Waals surface area contributed by atoms with Gasteiger partial charge < -0.3 is 24.8 Å². The molecule has 1 aliphatic rings. The average Bonchev–Trinajstić information content (AvgIpc) is 2.59. The maximum absolute atomic E-state index is 4.34. The van der Waals surface area contributed by atoms with Crippen LogP contribution >= 0.6 is 0 Å². The van der Waals surface area contributed by atoms with E-state index in [2.05, 4.69) is 51.6 Å². The number of allylic oxidation sites excluding steroid dienone is 1. The Balaban J connectivity index is 0.000001000. The van der Waals surface area contributed by atoms with Crippen LogP contribution in [0.3, 0.4) is 0 Å². The van der Waals surface area contributed by atoms with Crippen molar-refractivity contribution in [2.45, 2.75) is 20.8 Å².